The smallest absolute Gasteiger partial charge is 0.410 e. The summed E-state index contributed by atoms with van der Waals surface area (Å²) in [6.07, 6.45) is 4.85. The summed E-state index contributed by atoms with van der Waals surface area (Å²) < 4.78 is 10.9. The quantitative estimate of drug-likeness (QED) is 0.700. The van der Waals surface area contributed by atoms with E-state index in [0.29, 0.717) is 19.1 Å². The van der Waals surface area contributed by atoms with Gasteiger partial charge in [-0.3, -0.25) is 4.79 Å². The van der Waals surface area contributed by atoms with Gasteiger partial charge in [-0.25, -0.2) is 4.79 Å². The lowest BCUT2D eigenvalue weighted by atomic mass is 9.74. The number of anilines is 1. The Morgan fingerprint density at radius 1 is 1.12 bits per heavy atom. The molecule has 180 valence electrons. The summed E-state index contributed by atoms with van der Waals surface area (Å²) in [4.78, 5) is 31.1. The highest BCUT2D eigenvalue weighted by atomic mass is 16.6. The number of fused-ring (bicyclic) bond motifs is 2. The van der Waals surface area contributed by atoms with Crippen molar-refractivity contribution in [3.05, 3.63) is 29.3 Å². The lowest BCUT2D eigenvalue weighted by Gasteiger charge is -2.42. The van der Waals surface area contributed by atoms with Gasteiger partial charge in [0.25, 0.3) is 0 Å². The van der Waals surface area contributed by atoms with Crippen molar-refractivity contribution in [1.29, 1.82) is 0 Å². The Morgan fingerprint density at radius 2 is 1.88 bits per heavy atom. The van der Waals surface area contributed by atoms with Gasteiger partial charge < -0.3 is 24.2 Å². The lowest BCUT2D eigenvalue weighted by Crippen LogP contribution is -2.48. The molecule has 3 saturated heterocycles. The van der Waals surface area contributed by atoms with Crippen molar-refractivity contribution in [3.8, 4) is 0 Å². The highest BCUT2D eigenvalue weighted by Gasteiger charge is 2.45. The maximum Gasteiger partial charge on any atom is 0.410 e. The molecule has 7 nitrogen and oxygen atoms in total. The first kappa shape index (κ1) is 22.7. The molecule has 0 aliphatic carbocycles. The molecule has 3 fully saturated rings. The van der Waals surface area contributed by atoms with E-state index in [-0.39, 0.29) is 23.5 Å². The van der Waals surface area contributed by atoms with Crippen LogP contribution in [0.3, 0.4) is 0 Å². The summed E-state index contributed by atoms with van der Waals surface area (Å²) in [5.41, 5.74) is 3.86. The number of benzene rings is 1. The minimum Gasteiger partial charge on any atom is -0.444 e. The van der Waals surface area contributed by atoms with E-state index in [9.17, 15) is 9.59 Å². The van der Waals surface area contributed by atoms with Gasteiger partial charge in [-0.15, -0.1) is 0 Å². The predicted octanol–water partition coefficient (Wildman–Crippen LogP) is 3.33. The summed E-state index contributed by atoms with van der Waals surface area (Å²) in [6.45, 7) is 10.7. The maximum atomic E-state index is 12.4. The van der Waals surface area contributed by atoms with Crippen molar-refractivity contribution < 1.29 is 19.1 Å². The van der Waals surface area contributed by atoms with Crippen LogP contribution < -0.4 is 4.90 Å². The number of likely N-dealkylation sites (tertiary alicyclic amines) is 2. The summed E-state index contributed by atoms with van der Waals surface area (Å²) in [7, 11) is 0. The molecule has 0 bridgehead atoms. The molecule has 2 amide bonds. The molecular formula is C26H37N3O4. The number of aryl methyl sites for hydroxylation is 1. The molecule has 0 aromatic heterocycles. The third-order valence-corrected chi connectivity index (χ3v) is 8.21. The van der Waals surface area contributed by atoms with Gasteiger partial charge in [0, 0.05) is 50.6 Å². The lowest BCUT2D eigenvalue weighted by molar-refractivity contribution is -0.116. The van der Waals surface area contributed by atoms with E-state index in [1.807, 2.05) is 9.80 Å². The molecule has 0 unspecified atom stereocenters. The highest BCUT2D eigenvalue weighted by Crippen LogP contribution is 2.47. The Labute approximate surface area is 197 Å². The summed E-state index contributed by atoms with van der Waals surface area (Å²) in [5, 5.41) is 0. The molecule has 1 aromatic rings. The monoisotopic (exact) mass is 455 g/mol. The van der Waals surface area contributed by atoms with E-state index >= 15 is 0 Å². The Hall–Kier alpha value is -2.12. The zero-order valence-corrected chi connectivity index (χ0v) is 20.1. The Kier molecular flexibility index (Phi) is 6.36. The maximum absolute atomic E-state index is 12.4. The van der Waals surface area contributed by atoms with Crippen LogP contribution in [0, 0.1) is 12.8 Å². The standard InChI is InChI=1S/C26H37N3O4/c1-19-3-4-24-23(15-19)26(18-29(24)20(2)30)8-12-27(13-9-26)16-21-5-10-28(11-6-21)25(31)33-22-7-14-32-17-22/h3-4,15,21-22H,5-14,16-18H2,1-2H3/t22-/m0/s1. The SMILES string of the molecule is CC(=O)N1CC2(CCN(CC3CCN(C(=O)O[C@H]4CCOC4)CC3)CC2)c2cc(C)ccc21. The van der Waals surface area contributed by atoms with Crippen LogP contribution in [0.25, 0.3) is 0 Å². The summed E-state index contributed by atoms with van der Waals surface area (Å²) in [5.74, 6) is 0.773. The number of amides is 2. The largest absolute Gasteiger partial charge is 0.444 e. The zero-order valence-electron chi connectivity index (χ0n) is 20.1. The number of hydrogen-bond acceptors (Lipinski definition) is 5. The molecule has 1 spiro atoms. The zero-order chi connectivity index (χ0) is 23.0. The van der Waals surface area contributed by atoms with E-state index in [1.54, 1.807) is 6.92 Å². The van der Waals surface area contributed by atoms with Crippen molar-refractivity contribution >= 4 is 17.7 Å². The fraction of sp³-hybridized carbons (Fsp3) is 0.692. The minimum absolute atomic E-state index is 0.0701. The van der Waals surface area contributed by atoms with Gasteiger partial charge in [-0.05, 0) is 63.2 Å². The molecule has 4 heterocycles. The van der Waals surface area contributed by atoms with Crippen molar-refractivity contribution in [2.75, 3.05) is 57.4 Å². The average Bonchev–Trinajstić information content (AvgIpc) is 3.42. The van der Waals surface area contributed by atoms with E-state index in [1.165, 1.54) is 11.1 Å². The topological polar surface area (TPSA) is 62.3 Å². The molecule has 0 saturated carbocycles. The Balaban J connectivity index is 1.13. The van der Waals surface area contributed by atoms with Crippen LogP contribution in [-0.4, -0.2) is 80.4 Å². The minimum atomic E-state index is -0.172. The third-order valence-electron chi connectivity index (χ3n) is 8.21. The first-order chi connectivity index (χ1) is 15.9. The fourth-order valence-corrected chi connectivity index (χ4v) is 6.14. The second-order valence-corrected chi connectivity index (χ2v) is 10.5. The van der Waals surface area contributed by atoms with E-state index in [4.69, 9.17) is 9.47 Å². The van der Waals surface area contributed by atoms with E-state index in [0.717, 1.165) is 77.1 Å². The molecule has 4 aliphatic rings. The van der Waals surface area contributed by atoms with Crippen LogP contribution >= 0.6 is 0 Å². The van der Waals surface area contributed by atoms with Gasteiger partial charge in [0.1, 0.15) is 6.10 Å². The van der Waals surface area contributed by atoms with Crippen LogP contribution in [-0.2, 0) is 19.7 Å². The first-order valence-electron chi connectivity index (χ1n) is 12.6. The normalized spacial score (nSPS) is 25.5. The van der Waals surface area contributed by atoms with E-state index < -0.39 is 0 Å². The second kappa shape index (κ2) is 9.26. The van der Waals surface area contributed by atoms with Crippen LogP contribution in [0.15, 0.2) is 18.2 Å². The molecule has 4 aliphatic heterocycles. The number of ether oxygens (including phenoxy) is 2. The van der Waals surface area contributed by atoms with Gasteiger partial charge in [-0.2, -0.15) is 0 Å². The average molecular weight is 456 g/mol. The highest BCUT2D eigenvalue weighted by molar-refractivity contribution is 5.94. The van der Waals surface area contributed by atoms with E-state index in [2.05, 4.69) is 30.0 Å². The fourth-order valence-electron chi connectivity index (χ4n) is 6.14. The van der Waals surface area contributed by atoms with Gasteiger partial charge in [0.2, 0.25) is 5.91 Å². The number of carbonyl (C=O) groups is 2. The van der Waals surface area contributed by atoms with Crippen LogP contribution in [0.4, 0.5) is 10.5 Å². The van der Waals surface area contributed by atoms with Crippen molar-refractivity contribution in [2.24, 2.45) is 5.92 Å². The van der Waals surface area contributed by atoms with Gasteiger partial charge in [0.15, 0.2) is 0 Å². The van der Waals surface area contributed by atoms with Gasteiger partial charge in [-0.1, -0.05) is 17.7 Å². The molecule has 1 atom stereocenters. The number of piperidine rings is 2. The molecule has 33 heavy (non-hydrogen) atoms. The number of nitrogens with zero attached hydrogens (tertiary/aromatic N) is 3. The Bertz CT molecular complexity index is 882. The van der Waals surface area contributed by atoms with Gasteiger partial charge in [0.05, 0.1) is 13.2 Å². The third kappa shape index (κ3) is 4.62. The summed E-state index contributed by atoms with van der Waals surface area (Å²) >= 11 is 0. The van der Waals surface area contributed by atoms with Crippen LogP contribution in [0.5, 0.6) is 0 Å². The molecule has 7 heteroatoms. The van der Waals surface area contributed by atoms with Crippen molar-refractivity contribution in [2.45, 2.75) is 57.5 Å². The second-order valence-electron chi connectivity index (χ2n) is 10.5. The molecule has 0 radical (unpaired) electrons. The molecule has 0 N–H and O–H groups in total. The first-order valence-corrected chi connectivity index (χ1v) is 12.6. The van der Waals surface area contributed by atoms with Crippen LogP contribution in [0.1, 0.15) is 50.2 Å². The van der Waals surface area contributed by atoms with Gasteiger partial charge >= 0.3 is 6.09 Å². The molecule has 5 rings (SSSR count). The Morgan fingerprint density at radius 3 is 2.55 bits per heavy atom. The molecule has 1 aromatic carbocycles. The summed E-state index contributed by atoms with van der Waals surface area (Å²) in [6, 6.07) is 6.55. The molecular weight excluding hydrogens is 418 g/mol. The van der Waals surface area contributed by atoms with Crippen molar-refractivity contribution in [1.82, 2.24) is 9.80 Å². The number of carbonyl (C=O) groups excluding carboxylic acids is 2. The van der Waals surface area contributed by atoms with Crippen molar-refractivity contribution in [3.63, 3.8) is 0 Å². The number of rotatable bonds is 3. The predicted molar refractivity (Wildman–Crippen MR) is 127 cm³/mol. The van der Waals surface area contributed by atoms with Crippen LogP contribution in [0.2, 0.25) is 0 Å². The number of hydrogen-bond donors (Lipinski definition) is 0.